The van der Waals surface area contributed by atoms with Gasteiger partial charge < -0.3 is 13.9 Å². The summed E-state index contributed by atoms with van der Waals surface area (Å²) in [4.78, 5) is 25.2. The Kier molecular flexibility index (Phi) is 4.79. The fraction of sp³-hybridized carbons (Fsp3) is 0.154. The Morgan fingerprint density at radius 1 is 0.935 bits per heavy atom. The van der Waals surface area contributed by atoms with E-state index in [0.29, 0.717) is 22.8 Å². The Labute approximate surface area is 178 Å². The van der Waals surface area contributed by atoms with E-state index in [1.54, 1.807) is 12.1 Å². The molecule has 1 aromatic heterocycles. The molecule has 4 aromatic rings. The maximum absolute atomic E-state index is 13.3. The molecule has 0 N–H and O–H groups in total. The molecule has 5 heteroatoms. The number of para-hydroxylation sites is 2. The number of hydrogen-bond acceptors (Lipinski definition) is 5. The zero-order valence-corrected chi connectivity index (χ0v) is 17.0. The summed E-state index contributed by atoms with van der Waals surface area (Å²) in [7, 11) is 0. The van der Waals surface area contributed by atoms with Crippen molar-refractivity contribution < 1.29 is 18.7 Å². The van der Waals surface area contributed by atoms with Crippen LogP contribution in [-0.2, 0) is 11.2 Å². The van der Waals surface area contributed by atoms with Crippen molar-refractivity contribution in [3.05, 3.63) is 99.9 Å². The van der Waals surface area contributed by atoms with Crippen LogP contribution in [0.25, 0.3) is 11.0 Å². The molecule has 154 valence electrons. The van der Waals surface area contributed by atoms with Gasteiger partial charge in [0.15, 0.2) is 0 Å². The lowest BCUT2D eigenvalue weighted by Crippen LogP contribution is -2.23. The molecule has 0 saturated carbocycles. The van der Waals surface area contributed by atoms with Gasteiger partial charge in [-0.3, -0.25) is 4.79 Å². The molecule has 0 fully saturated rings. The summed E-state index contributed by atoms with van der Waals surface area (Å²) in [5, 5.41) is 0.850. The highest BCUT2D eigenvalue weighted by Crippen LogP contribution is 2.44. The van der Waals surface area contributed by atoms with E-state index in [9.17, 15) is 9.59 Å². The molecular formula is C26H20O5. The Morgan fingerprint density at radius 2 is 1.61 bits per heavy atom. The zero-order chi connectivity index (χ0) is 21.4. The van der Waals surface area contributed by atoms with Crippen molar-refractivity contribution in [2.75, 3.05) is 0 Å². The van der Waals surface area contributed by atoms with Gasteiger partial charge >= 0.3 is 11.6 Å². The maximum Gasteiger partial charge on any atom is 0.336 e. The van der Waals surface area contributed by atoms with Crippen LogP contribution in [0.5, 0.6) is 17.2 Å². The lowest BCUT2D eigenvalue weighted by Gasteiger charge is -2.26. The van der Waals surface area contributed by atoms with Gasteiger partial charge in [0.05, 0.1) is 0 Å². The van der Waals surface area contributed by atoms with Gasteiger partial charge in [-0.15, -0.1) is 0 Å². The third-order valence-corrected chi connectivity index (χ3v) is 5.46. The van der Waals surface area contributed by atoms with Gasteiger partial charge in [-0.25, -0.2) is 4.79 Å². The maximum atomic E-state index is 13.3. The Balaban J connectivity index is 1.52. The molecule has 0 radical (unpaired) electrons. The molecule has 0 aliphatic carbocycles. The van der Waals surface area contributed by atoms with E-state index < -0.39 is 17.5 Å². The summed E-state index contributed by atoms with van der Waals surface area (Å²) in [5.41, 5.74) is 2.44. The minimum absolute atomic E-state index is 0.329. The van der Waals surface area contributed by atoms with Crippen LogP contribution in [0.2, 0.25) is 0 Å². The Hall–Kier alpha value is -3.86. The summed E-state index contributed by atoms with van der Waals surface area (Å²) < 4.78 is 17.1. The van der Waals surface area contributed by atoms with Crippen LogP contribution in [0, 0.1) is 0 Å². The molecular weight excluding hydrogens is 392 g/mol. The highest BCUT2D eigenvalue weighted by molar-refractivity contribution is 5.88. The quantitative estimate of drug-likeness (QED) is 0.248. The molecule has 0 saturated heterocycles. The highest BCUT2D eigenvalue weighted by Gasteiger charge is 2.34. The van der Waals surface area contributed by atoms with Gasteiger partial charge in [0.2, 0.25) is 0 Å². The van der Waals surface area contributed by atoms with E-state index in [1.165, 1.54) is 6.07 Å². The molecule has 5 nitrogen and oxygen atoms in total. The van der Waals surface area contributed by atoms with E-state index in [4.69, 9.17) is 13.9 Å². The zero-order valence-electron chi connectivity index (χ0n) is 17.0. The number of ether oxygens (including phenoxy) is 2. The van der Waals surface area contributed by atoms with E-state index in [2.05, 4.69) is 6.92 Å². The minimum atomic E-state index is -0.615. The standard InChI is InChI=1S/C26H20O5/c1-2-7-16-14-24(27)31-23-15-17(12-13-18(16)23)29-26(28)25-19-8-3-5-10-21(19)30-22-11-6-4-9-20(22)25/h3-6,8-15,25H,2,7H2,1H3. The van der Waals surface area contributed by atoms with Gasteiger partial charge in [-0.05, 0) is 36.2 Å². The highest BCUT2D eigenvalue weighted by atomic mass is 16.5. The van der Waals surface area contributed by atoms with Gasteiger partial charge in [0.25, 0.3) is 0 Å². The van der Waals surface area contributed by atoms with Crippen molar-refractivity contribution in [2.45, 2.75) is 25.7 Å². The number of hydrogen-bond donors (Lipinski definition) is 0. The van der Waals surface area contributed by atoms with E-state index >= 15 is 0 Å². The molecule has 0 bridgehead atoms. The van der Waals surface area contributed by atoms with Crippen molar-refractivity contribution >= 4 is 16.9 Å². The third-order valence-electron chi connectivity index (χ3n) is 5.46. The van der Waals surface area contributed by atoms with Crippen LogP contribution in [-0.4, -0.2) is 5.97 Å². The molecule has 5 rings (SSSR count). The van der Waals surface area contributed by atoms with Gasteiger partial charge in [-0.1, -0.05) is 49.7 Å². The van der Waals surface area contributed by atoms with Crippen LogP contribution in [0.3, 0.4) is 0 Å². The first kappa shape index (κ1) is 19.1. The summed E-state index contributed by atoms with van der Waals surface area (Å²) in [5.74, 6) is 0.564. The average molecular weight is 412 g/mol. The molecule has 0 atom stereocenters. The number of carbonyl (C=O) groups is 1. The number of carbonyl (C=O) groups excluding carboxylic acids is 1. The monoisotopic (exact) mass is 412 g/mol. The van der Waals surface area contributed by atoms with Crippen molar-refractivity contribution in [1.29, 1.82) is 0 Å². The molecule has 1 aliphatic heterocycles. The molecule has 3 aromatic carbocycles. The van der Waals surface area contributed by atoms with Crippen LogP contribution in [0.4, 0.5) is 0 Å². The average Bonchev–Trinajstić information content (AvgIpc) is 2.77. The molecule has 31 heavy (non-hydrogen) atoms. The summed E-state index contributed by atoms with van der Waals surface area (Å²) in [6.45, 7) is 2.06. The topological polar surface area (TPSA) is 65.7 Å². The van der Waals surface area contributed by atoms with Crippen molar-refractivity contribution in [1.82, 2.24) is 0 Å². The minimum Gasteiger partial charge on any atom is -0.457 e. The number of benzene rings is 3. The molecule has 2 heterocycles. The second-order valence-electron chi connectivity index (χ2n) is 7.53. The summed E-state index contributed by atoms with van der Waals surface area (Å²) >= 11 is 0. The van der Waals surface area contributed by atoms with Gasteiger partial charge in [-0.2, -0.15) is 0 Å². The number of esters is 1. The Morgan fingerprint density at radius 3 is 2.29 bits per heavy atom. The van der Waals surface area contributed by atoms with E-state index in [1.807, 2.05) is 54.6 Å². The SMILES string of the molecule is CCCc1cc(=O)oc2cc(OC(=O)C3c4ccccc4Oc4ccccc43)ccc12. The molecule has 1 aliphatic rings. The summed E-state index contributed by atoms with van der Waals surface area (Å²) in [6, 6.07) is 21.6. The van der Waals surface area contributed by atoms with Crippen LogP contribution < -0.4 is 15.1 Å². The second-order valence-corrected chi connectivity index (χ2v) is 7.53. The summed E-state index contributed by atoms with van der Waals surface area (Å²) in [6.07, 6.45) is 1.69. The predicted octanol–water partition coefficient (Wildman–Crippen LogP) is 5.59. The number of aryl methyl sites for hydroxylation is 1. The van der Waals surface area contributed by atoms with Crippen molar-refractivity contribution in [3.63, 3.8) is 0 Å². The first-order valence-electron chi connectivity index (χ1n) is 10.3. The normalized spacial score (nSPS) is 12.7. The second kappa shape index (κ2) is 7.76. The van der Waals surface area contributed by atoms with Crippen LogP contribution >= 0.6 is 0 Å². The number of fused-ring (bicyclic) bond motifs is 3. The first-order valence-corrected chi connectivity index (χ1v) is 10.3. The molecule has 0 unspecified atom stereocenters. The van der Waals surface area contributed by atoms with Gasteiger partial charge in [0.1, 0.15) is 28.7 Å². The fourth-order valence-corrected chi connectivity index (χ4v) is 4.09. The fourth-order valence-electron chi connectivity index (χ4n) is 4.09. The van der Waals surface area contributed by atoms with Gasteiger partial charge in [0, 0.05) is 28.6 Å². The van der Waals surface area contributed by atoms with E-state index in [0.717, 1.165) is 34.9 Å². The lowest BCUT2D eigenvalue weighted by atomic mass is 9.88. The van der Waals surface area contributed by atoms with E-state index in [-0.39, 0.29) is 0 Å². The van der Waals surface area contributed by atoms with Crippen LogP contribution in [0.15, 0.2) is 82.0 Å². The Bertz CT molecular complexity index is 1310. The molecule has 0 amide bonds. The van der Waals surface area contributed by atoms with Crippen molar-refractivity contribution in [3.8, 4) is 17.2 Å². The first-order chi connectivity index (χ1) is 15.1. The molecule has 0 spiro atoms. The largest absolute Gasteiger partial charge is 0.457 e. The number of rotatable bonds is 4. The van der Waals surface area contributed by atoms with Crippen molar-refractivity contribution in [2.24, 2.45) is 0 Å². The smallest absolute Gasteiger partial charge is 0.336 e. The lowest BCUT2D eigenvalue weighted by molar-refractivity contribution is -0.135. The predicted molar refractivity (Wildman–Crippen MR) is 117 cm³/mol. The third kappa shape index (κ3) is 3.48. The van der Waals surface area contributed by atoms with Crippen LogP contribution in [0.1, 0.15) is 36.0 Å².